The minimum absolute atomic E-state index is 0.197. The Bertz CT molecular complexity index is 495. The van der Waals surface area contributed by atoms with E-state index in [1.54, 1.807) is 0 Å². The molecule has 0 radical (unpaired) electrons. The summed E-state index contributed by atoms with van der Waals surface area (Å²) < 4.78 is 2.27. The molecule has 2 N–H and O–H groups in total. The third kappa shape index (κ3) is 1.48. The molecule has 0 spiro atoms. The highest BCUT2D eigenvalue weighted by molar-refractivity contribution is 7.17. The minimum Gasteiger partial charge on any atom is -0.328 e. The lowest BCUT2D eigenvalue weighted by molar-refractivity contribution is 0.726. The lowest BCUT2D eigenvalue weighted by Gasteiger charge is -1.99. The molecular weight excluding hydrogens is 206 g/mol. The number of aromatic nitrogens is 2. The summed E-state index contributed by atoms with van der Waals surface area (Å²) in [6, 6.07) is 0.197. The van der Waals surface area contributed by atoms with E-state index in [1.165, 1.54) is 29.8 Å². The number of rotatable bonds is 2. The van der Waals surface area contributed by atoms with Crippen molar-refractivity contribution in [2.24, 2.45) is 5.73 Å². The predicted molar refractivity (Wildman–Crippen MR) is 62.4 cm³/mol. The van der Waals surface area contributed by atoms with E-state index in [4.69, 9.17) is 5.73 Å². The van der Waals surface area contributed by atoms with Gasteiger partial charge in [0.1, 0.15) is 0 Å². The second kappa shape index (κ2) is 3.32. The van der Waals surface area contributed by atoms with Crippen LogP contribution in [0.1, 0.15) is 29.6 Å². The van der Waals surface area contributed by atoms with Crippen LogP contribution in [0.25, 0.3) is 4.96 Å². The predicted octanol–water partition coefficient (Wildman–Crippen LogP) is 1.77. The number of nitrogens with zero attached hydrogens (tertiary/aromatic N) is 2. The molecule has 3 rings (SSSR count). The first kappa shape index (κ1) is 9.36. The molecule has 3 nitrogen and oxygen atoms in total. The van der Waals surface area contributed by atoms with Crippen LogP contribution < -0.4 is 5.73 Å². The maximum atomic E-state index is 5.78. The van der Waals surface area contributed by atoms with Gasteiger partial charge in [-0.05, 0) is 26.2 Å². The smallest absolute Gasteiger partial charge is 0.194 e. The zero-order valence-corrected chi connectivity index (χ0v) is 9.68. The molecule has 4 heteroatoms. The van der Waals surface area contributed by atoms with Gasteiger partial charge in [0.25, 0.3) is 0 Å². The molecule has 2 aromatic rings. The molecule has 2 heterocycles. The van der Waals surface area contributed by atoms with E-state index < -0.39 is 0 Å². The van der Waals surface area contributed by atoms with Crippen LogP contribution in [0.3, 0.4) is 0 Å². The van der Waals surface area contributed by atoms with Crippen molar-refractivity contribution in [3.05, 3.63) is 22.5 Å². The average molecular weight is 221 g/mol. The summed E-state index contributed by atoms with van der Waals surface area (Å²) in [6.07, 6.45) is 6.80. The second-order valence-corrected chi connectivity index (χ2v) is 5.45. The Morgan fingerprint density at radius 1 is 1.60 bits per heavy atom. The van der Waals surface area contributed by atoms with E-state index >= 15 is 0 Å². The Labute approximate surface area is 92.9 Å². The maximum Gasteiger partial charge on any atom is 0.194 e. The third-order valence-corrected chi connectivity index (χ3v) is 4.06. The van der Waals surface area contributed by atoms with E-state index in [2.05, 4.69) is 15.6 Å². The van der Waals surface area contributed by atoms with Gasteiger partial charge in [-0.3, -0.25) is 4.40 Å². The molecule has 15 heavy (non-hydrogen) atoms. The van der Waals surface area contributed by atoms with Crippen molar-refractivity contribution in [3.63, 3.8) is 0 Å². The van der Waals surface area contributed by atoms with Gasteiger partial charge in [-0.2, -0.15) is 0 Å². The SMILES string of the molecule is CC(N)Cc1cn2c3c(sc2n1)CCC3. The molecule has 0 aromatic carbocycles. The van der Waals surface area contributed by atoms with Crippen molar-refractivity contribution < 1.29 is 0 Å². The fourth-order valence-electron chi connectivity index (χ4n) is 2.28. The first-order valence-electron chi connectivity index (χ1n) is 5.48. The molecule has 0 aliphatic heterocycles. The molecule has 0 bridgehead atoms. The highest BCUT2D eigenvalue weighted by Gasteiger charge is 2.19. The number of hydrogen-bond acceptors (Lipinski definition) is 3. The van der Waals surface area contributed by atoms with Gasteiger partial charge in [0, 0.05) is 29.2 Å². The highest BCUT2D eigenvalue weighted by Crippen LogP contribution is 2.30. The first-order chi connectivity index (χ1) is 7.24. The van der Waals surface area contributed by atoms with Crippen LogP contribution in [-0.2, 0) is 19.3 Å². The van der Waals surface area contributed by atoms with E-state index in [-0.39, 0.29) is 6.04 Å². The molecule has 0 saturated carbocycles. The Morgan fingerprint density at radius 2 is 2.47 bits per heavy atom. The summed E-state index contributed by atoms with van der Waals surface area (Å²) in [6.45, 7) is 2.03. The summed E-state index contributed by atoms with van der Waals surface area (Å²) >= 11 is 1.85. The van der Waals surface area contributed by atoms with Gasteiger partial charge in [0.15, 0.2) is 4.96 Å². The topological polar surface area (TPSA) is 43.3 Å². The number of aryl methyl sites for hydroxylation is 2. The third-order valence-electron chi connectivity index (χ3n) is 2.90. The van der Waals surface area contributed by atoms with Gasteiger partial charge >= 0.3 is 0 Å². The van der Waals surface area contributed by atoms with Crippen molar-refractivity contribution >= 4 is 16.3 Å². The summed E-state index contributed by atoms with van der Waals surface area (Å²) in [5, 5.41) is 0. The van der Waals surface area contributed by atoms with E-state index in [1.807, 2.05) is 18.3 Å². The van der Waals surface area contributed by atoms with Crippen LogP contribution in [0.2, 0.25) is 0 Å². The van der Waals surface area contributed by atoms with Gasteiger partial charge in [-0.15, -0.1) is 11.3 Å². The van der Waals surface area contributed by atoms with Crippen LogP contribution >= 0.6 is 11.3 Å². The van der Waals surface area contributed by atoms with E-state index in [0.29, 0.717) is 0 Å². The van der Waals surface area contributed by atoms with Crippen molar-refractivity contribution in [1.82, 2.24) is 9.38 Å². The van der Waals surface area contributed by atoms with Gasteiger partial charge in [-0.1, -0.05) is 0 Å². The lowest BCUT2D eigenvalue weighted by atomic mass is 10.2. The zero-order chi connectivity index (χ0) is 10.4. The average Bonchev–Trinajstić information content (AvgIpc) is 2.74. The molecule has 0 amide bonds. The summed E-state index contributed by atoms with van der Waals surface area (Å²) in [5.74, 6) is 0. The first-order valence-corrected chi connectivity index (χ1v) is 6.30. The van der Waals surface area contributed by atoms with Crippen LogP contribution in [0.15, 0.2) is 6.20 Å². The highest BCUT2D eigenvalue weighted by atomic mass is 32.1. The van der Waals surface area contributed by atoms with Crippen LogP contribution in [0.5, 0.6) is 0 Å². The van der Waals surface area contributed by atoms with Crippen molar-refractivity contribution in [2.75, 3.05) is 0 Å². The molecule has 1 aliphatic carbocycles. The normalized spacial score (nSPS) is 17.2. The molecule has 0 fully saturated rings. The van der Waals surface area contributed by atoms with E-state index in [0.717, 1.165) is 17.1 Å². The van der Waals surface area contributed by atoms with Gasteiger partial charge in [0.05, 0.1) is 5.69 Å². The number of nitrogens with two attached hydrogens (primary N) is 1. The summed E-state index contributed by atoms with van der Waals surface area (Å²) in [7, 11) is 0. The number of imidazole rings is 1. The molecule has 2 aromatic heterocycles. The van der Waals surface area contributed by atoms with Crippen molar-refractivity contribution in [2.45, 2.75) is 38.6 Å². The van der Waals surface area contributed by atoms with Gasteiger partial charge in [-0.25, -0.2) is 4.98 Å². The molecule has 0 saturated heterocycles. The van der Waals surface area contributed by atoms with E-state index in [9.17, 15) is 0 Å². The van der Waals surface area contributed by atoms with Crippen LogP contribution in [-0.4, -0.2) is 15.4 Å². The monoisotopic (exact) mass is 221 g/mol. The maximum absolute atomic E-state index is 5.78. The Morgan fingerprint density at radius 3 is 3.27 bits per heavy atom. The minimum atomic E-state index is 0.197. The number of hydrogen-bond donors (Lipinski definition) is 1. The van der Waals surface area contributed by atoms with Crippen LogP contribution in [0, 0.1) is 0 Å². The van der Waals surface area contributed by atoms with Crippen molar-refractivity contribution in [1.29, 1.82) is 0 Å². The molecule has 1 aliphatic rings. The summed E-state index contributed by atoms with van der Waals surface area (Å²) in [4.78, 5) is 7.30. The van der Waals surface area contributed by atoms with Gasteiger partial charge < -0.3 is 5.73 Å². The number of fused-ring (bicyclic) bond motifs is 3. The Kier molecular flexibility index (Phi) is 2.07. The fourth-order valence-corrected chi connectivity index (χ4v) is 3.49. The largest absolute Gasteiger partial charge is 0.328 e. The van der Waals surface area contributed by atoms with Crippen LogP contribution in [0.4, 0.5) is 0 Å². The fraction of sp³-hybridized carbons (Fsp3) is 0.545. The molecule has 1 atom stereocenters. The zero-order valence-electron chi connectivity index (χ0n) is 8.86. The molecular formula is C11H15N3S. The van der Waals surface area contributed by atoms with Gasteiger partial charge in [0.2, 0.25) is 0 Å². The summed E-state index contributed by atoms with van der Waals surface area (Å²) in [5.41, 5.74) is 8.40. The van der Waals surface area contributed by atoms with Crippen molar-refractivity contribution in [3.8, 4) is 0 Å². The lowest BCUT2D eigenvalue weighted by Crippen LogP contribution is -2.17. The standard InChI is InChI=1S/C11H15N3S/c1-7(12)5-8-6-14-9-3-2-4-10(9)15-11(14)13-8/h6-7H,2-5,12H2,1H3. The quantitative estimate of drug-likeness (QED) is 0.840. The Balaban J connectivity index is 2.04. The number of thiazole rings is 1. The second-order valence-electron chi connectivity index (χ2n) is 4.39. The molecule has 80 valence electrons. The molecule has 1 unspecified atom stereocenters. The Hall–Kier alpha value is -0.870.